The lowest BCUT2D eigenvalue weighted by atomic mass is 10.1. The van der Waals surface area contributed by atoms with Crippen LogP contribution in [-0.2, 0) is 22.6 Å². The predicted octanol–water partition coefficient (Wildman–Crippen LogP) is 2.41. The highest BCUT2D eigenvalue weighted by Gasteiger charge is 2.22. The molecule has 1 fully saturated rings. The minimum Gasteiger partial charge on any atom is -0.383 e. The minimum absolute atomic E-state index is 0.163. The number of benzene rings is 1. The second kappa shape index (κ2) is 11.1. The zero-order chi connectivity index (χ0) is 20.5. The first-order valence-corrected chi connectivity index (χ1v) is 10.8. The number of thiophene rings is 1. The Kier molecular flexibility index (Phi) is 8.20. The van der Waals surface area contributed by atoms with Crippen LogP contribution in [0.4, 0.5) is 0 Å². The van der Waals surface area contributed by atoms with Crippen LogP contribution < -0.4 is 0 Å². The van der Waals surface area contributed by atoms with Gasteiger partial charge < -0.3 is 9.64 Å². The van der Waals surface area contributed by atoms with Gasteiger partial charge in [0, 0.05) is 51.3 Å². The first-order chi connectivity index (χ1) is 14.2. The van der Waals surface area contributed by atoms with Gasteiger partial charge in [0.15, 0.2) is 0 Å². The smallest absolute Gasteiger partial charge is 0.237 e. The van der Waals surface area contributed by atoms with Gasteiger partial charge in [0.1, 0.15) is 0 Å². The standard InChI is InChI=1S/C22H28N4O2S/c1-28-13-12-26(17-21-3-2-14-29-21)22(27)18-25-10-8-24(9-11-25)16-20-6-4-19(15-23)5-7-20/h2-7,14H,8-13,16-18H2,1H3. The summed E-state index contributed by atoms with van der Waals surface area (Å²) >= 11 is 1.68. The van der Waals surface area contributed by atoms with Crippen molar-refractivity contribution in [1.82, 2.24) is 14.7 Å². The summed E-state index contributed by atoms with van der Waals surface area (Å²) in [5.41, 5.74) is 1.91. The van der Waals surface area contributed by atoms with Crippen molar-refractivity contribution >= 4 is 17.2 Å². The van der Waals surface area contributed by atoms with Crippen molar-refractivity contribution in [3.05, 3.63) is 57.8 Å². The van der Waals surface area contributed by atoms with Gasteiger partial charge in [-0.05, 0) is 29.1 Å². The van der Waals surface area contributed by atoms with Crippen LogP contribution in [0.25, 0.3) is 0 Å². The Hall–Kier alpha value is -2.24. The first kappa shape index (κ1) is 21.5. The van der Waals surface area contributed by atoms with Gasteiger partial charge in [-0.25, -0.2) is 0 Å². The molecule has 0 unspecified atom stereocenters. The van der Waals surface area contributed by atoms with Crippen LogP contribution in [0, 0.1) is 11.3 Å². The van der Waals surface area contributed by atoms with E-state index in [1.165, 1.54) is 10.4 Å². The average Bonchev–Trinajstić information content (AvgIpc) is 3.26. The van der Waals surface area contributed by atoms with Gasteiger partial charge >= 0.3 is 0 Å². The molecule has 7 heteroatoms. The molecule has 1 aromatic heterocycles. The number of hydrogen-bond acceptors (Lipinski definition) is 6. The number of amides is 1. The third-order valence-corrected chi connectivity index (χ3v) is 6.02. The summed E-state index contributed by atoms with van der Waals surface area (Å²) in [6.07, 6.45) is 0. The monoisotopic (exact) mass is 412 g/mol. The molecule has 0 N–H and O–H groups in total. The summed E-state index contributed by atoms with van der Waals surface area (Å²) in [7, 11) is 1.67. The Balaban J connectivity index is 1.46. The van der Waals surface area contributed by atoms with E-state index in [0.717, 1.165) is 32.7 Å². The molecule has 0 atom stereocenters. The number of nitriles is 1. The van der Waals surface area contributed by atoms with Gasteiger partial charge in [-0.15, -0.1) is 11.3 Å². The molecule has 29 heavy (non-hydrogen) atoms. The van der Waals surface area contributed by atoms with Crippen molar-refractivity contribution in [3.8, 4) is 6.07 Å². The van der Waals surface area contributed by atoms with Crippen molar-refractivity contribution in [1.29, 1.82) is 5.26 Å². The molecule has 1 aliphatic heterocycles. The van der Waals surface area contributed by atoms with Crippen molar-refractivity contribution in [2.75, 3.05) is 53.0 Å². The molecule has 2 aromatic rings. The van der Waals surface area contributed by atoms with E-state index in [4.69, 9.17) is 10.00 Å². The van der Waals surface area contributed by atoms with Gasteiger partial charge in [0.2, 0.25) is 5.91 Å². The maximum absolute atomic E-state index is 12.9. The first-order valence-electron chi connectivity index (χ1n) is 9.91. The molecule has 1 amide bonds. The number of nitrogens with zero attached hydrogens (tertiary/aromatic N) is 4. The third kappa shape index (κ3) is 6.65. The molecule has 154 valence electrons. The Morgan fingerprint density at radius 1 is 1.17 bits per heavy atom. The van der Waals surface area contributed by atoms with Crippen LogP contribution >= 0.6 is 11.3 Å². The Morgan fingerprint density at radius 2 is 1.90 bits per heavy atom. The highest BCUT2D eigenvalue weighted by molar-refractivity contribution is 7.09. The van der Waals surface area contributed by atoms with Crippen molar-refractivity contribution in [3.63, 3.8) is 0 Å². The van der Waals surface area contributed by atoms with Gasteiger partial charge in [0.05, 0.1) is 31.3 Å². The largest absolute Gasteiger partial charge is 0.383 e. The van der Waals surface area contributed by atoms with Crippen LogP contribution in [0.1, 0.15) is 16.0 Å². The van der Waals surface area contributed by atoms with Crippen LogP contribution in [0.15, 0.2) is 41.8 Å². The number of carbonyl (C=O) groups is 1. The number of methoxy groups -OCH3 is 1. The van der Waals surface area contributed by atoms with Crippen LogP contribution in [0.2, 0.25) is 0 Å². The molecular formula is C22H28N4O2S. The molecule has 0 spiro atoms. The molecule has 1 aliphatic rings. The Bertz CT molecular complexity index is 793. The molecule has 0 radical (unpaired) electrons. The van der Waals surface area contributed by atoms with E-state index in [2.05, 4.69) is 21.9 Å². The lowest BCUT2D eigenvalue weighted by Crippen LogP contribution is -2.50. The number of carbonyl (C=O) groups excluding carboxylic acids is 1. The fourth-order valence-electron chi connectivity index (χ4n) is 3.42. The van der Waals surface area contributed by atoms with E-state index in [9.17, 15) is 4.79 Å². The Labute approximate surface area is 176 Å². The fraction of sp³-hybridized carbons (Fsp3) is 0.455. The average molecular weight is 413 g/mol. The lowest BCUT2D eigenvalue weighted by Gasteiger charge is -2.35. The van der Waals surface area contributed by atoms with E-state index in [1.807, 2.05) is 40.6 Å². The number of rotatable bonds is 9. The van der Waals surface area contributed by atoms with Crippen molar-refractivity contribution in [2.24, 2.45) is 0 Å². The topological polar surface area (TPSA) is 59.8 Å². The van der Waals surface area contributed by atoms with E-state index in [0.29, 0.717) is 31.8 Å². The number of hydrogen-bond donors (Lipinski definition) is 0. The van der Waals surface area contributed by atoms with Crippen LogP contribution in [0.3, 0.4) is 0 Å². The summed E-state index contributed by atoms with van der Waals surface area (Å²) < 4.78 is 5.19. The van der Waals surface area contributed by atoms with Crippen molar-refractivity contribution < 1.29 is 9.53 Å². The molecule has 0 bridgehead atoms. The zero-order valence-electron chi connectivity index (χ0n) is 16.9. The van der Waals surface area contributed by atoms with Gasteiger partial charge in [-0.1, -0.05) is 18.2 Å². The van der Waals surface area contributed by atoms with Crippen LogP contribution in [0.5, 0.6) is 0 Å². The van der Waals surface area contributed by atoms with Crippen LogP contribution in [-0.4, -0.2) is 73.6 Å². The number of piperazine rings is 1. The van der Waals surface area contributed by atoms with Gasteiger partial charge in [-0.3, -0.25) is 14.6 Å². The fourth-order valence-corrected chi connectivity index (χ4v) is 4.14. The molecule has 0 aliphatic carbocycles. The normalized spacial score (nSPS) is 15.2. The third-order valence-electron chi connectivity index (χ3n) is 5.16. The van der Waals surface area contributed by atoms with Gasteiger partial charge in [0.25, 0.3) is 0 Å². The second-order valence-corrected chi connectivity index (χ2v) is 8.28. The summed E-state index contributed by atoms with van der Waals surface area (Å²) in [5.74, 6) is 0.163. The summed E-state index contributed by atoms with van der Waals surface area (Å²) in [6, 6.07) is 14.0. The summed E-state index contributed by atoms with van der Waals surface area (Å²) in [4.78, 5) is 20.6. The maximum Gasteiger partial charge on any atom is 0.237 e. The molecular weight excluding hydrogens is 384 g/mol. The molecule has 0 saturated carbocycles. The summed E-state index contributed by atoms with van der Waals surface area (Å²) in [6.45, 7) is 6.82. The highest BCUT2D eigenvalue weighted by Crippen LogP contribution is 2.13. The second-order valence-electron chi connectivity index (χ2n) is 7.25. The molecule has 1 saturated heterocycles. The molecule has 1 aromatic carbocycles. The number of ether oxygens (including phenoxy) is 1. The Morgan fingerprint density at radius 3 is 2.52 bits per heavy atom. The maximum atomic E-state index is 12.9. The summed E-state index contributed by atoms with van der Waals surface area (Å²) in [5, 5.41) is 10.9. The molecule has 3 rings (SSSR count). The molecule has 6 nitrogen and oxygen atoms in total. The predicted molar refractivity (Wildman–Crippen MR) is 114 cm³/mol. The van der Waals surface area contributed by atoms with E-state index < -0.39 is 0 Å². The van der Waals surface area contributed by atoms with E-state index in [1.54, 1.807) is 18.4 Å². The quantitative estimate of drug-likeness (QED) is 0.633. The van der Waals surface area contributed by atoms with Gasteiger partial charge in [-0.2, -0.15) is 5.26 Å². The minimum atomic E-state index is 0.163. The zero-order valence-corrected chi connectivity index (χ0v) is 17.7. The highest BCUT2D eigenvalue weighted by atomic mass is 32.1. The molecule has 2 heterocycles. The SMILES string of the molecule is COCCN(Cc1cccs1)C(=O)CN1CCN(Cc2ccc(C#N)cc2)CC1. The van der Waals surface area contributed by atoms with E-state index >= 15 is 0 Å². The van der Waals surface area contributed by atoms with Crippen molar-refractivity contribution in [2.45, 2.75) is 13.1 Å². The van der Waals surface area contributed by atoms with E-state index in [-0.39, 0.29) is 5.91 Å². The lowest BCUT2D eigenvalue weighted by molar-refractivity contribution is -0.134.